The van der Waals surface area contributed by atoms with Crippen molar-refractivity contribution in [3.05, 3.63) is 28.8 Å². The van der Waals surface area contributed by atoms with Crippen LogP contribution >= 0.6 is 35.6 Å². The van der Waals surface area contributed by atoms with Crippen molar-refractivity contribution in [2.24, 2.45) is 10.7 Å². The summed E-state index contributed by atoms with van der Waals surface area (Å²) in [5.41, 5.74) is 6.41. The Morgan fingerprint density at radius 1 is 1.38 bits per heavy atom. The number of hydrogen-bond donors (Lipinski definition) is 3. The summed E-state index contributed by atoms with van der Waals surface area (Å²) in [5, 5.41) is 3.67. The smallest absolute Gasteiger partial charge is 0.240 e. The summed E-state index contributed by atoms with van der Waals surface area (Å²) in [7, 11) is -3.57. The molecule has 24 heavy (non-hydrogen) atoms. The molecule has 0 atom stereocenters. The van der Waals surface area contributed by atoms with Crippen LogP contribution in [0.5, 0.6) is 0 Å². The van der Waals surface area contributed by atoms with Crippen LogP contribution in [0.25, 0.3) is 0 Å². The molecule has 1 saturated carbocycles. The fraction of sp³-hybridized carbons (Fsp3) is 0.533. The second kappa shape index (κ2) is 9.79. The maximum atomic E-state index is 12.2. The van der Waals surface area contributed by atoms with Crippen molar-refractivity contribution in [1.82, 2.24) is 10.0 Å². The Labute approximate surface area is 165 Å². The molecule has 1 aromatic carbocycles. The van der Waals surface area contributed by atoms with Crippen LogP contribution in [-0.4, -0.2) is 33.5 Å². The minimum absolute atomic E-state index is 0. The van der Waals surface area contributed by atoms with E-state index < -0.39 is 10.0 Å². The van der Waals surface area contributed by atoms with Gasteiger partial charge in [-0.2, -0.15) is 0 Å². The second-order valence-electron chi connectivity index (χ2n) is 5.70. The minimum Gasteiger partial charge on any atom is -0.370 e. The number of nitrogens with zero attached hydrogens (tertiary/aromatic N) is 1. The maximum absolute atomic E-state index is 12.2. The van der Waals surface area contributed by atoms with Crippen molar-refractivity contribution in [1.29, 1.82) is 0 Å². The highest BCUT2D eigenvalue weighted by Gasteiger charge is 2.17. The average molecular weight is 487 g/mol. The van der Waals surface area contributed by atoms with Crippen molar-refractivity contribution in [3.8, 4) is 0 Å². The molecular weight excluding hydrogens is 463 g/mol. The van der Waals surface area contributed by atoms with Gasteiger partial charge in [-0.3, -0.25) is 4.99 Å². The number of benzene rings is 1. The van der Waals surface area contributed by atoms with Gasteiger partial charge in [0.25, 0.3) is 0 Å². The fourth-order valence-electron chi connectivity index (χ4n) is 2.67. The third kappa shape index (κ3) is 6.38. The molecule has 9 heteroatoms. The molecule has 1 aromatic rings. The van der Waals surface area contributed by atoms with Gasteiger partial charge in [0.2, 0.25) is 10.0 Å². The highest BCUT2D eigenvalue weighted by atomic mass is 127. The van der Waals surface area contributed by atoms with Crippen molar-refractivity contribution in [2.75, 3.05) is 13.1 Å². The van der Waals surface area contributed by atoms with E-state index in [2.05, 4.69) is 15.0 Å². The minimum atomic E-state index is -3.57. The molecule has 0 aliphatic heterocycles. The van der Waals surface area contributed by atoms with Crippen molar-refractivity contribution >= 4 is 51.6 Å². The van der Waals surface area contributed by atoms with E-state index in [1.807, 2.05) is 0 Å². The molecule has 4 N–H and O–H groups in total. The summed E-state index contributed by atoms with van der Waals surface area (Å²) in [6.45, 7) is 2.19. The summed E-state index contributed by atoms with van der Waals surface area (Å²) in [4.78, 5) is 4.38. The van der Waals surface area contributed by atoms with Crippen LogP contribution in [-0.2, 0) is 10.0 Å². The van der Waals surface area contributed by atoms with Crippen molar-refractivity contribution < 1.29 is 8.42 Å². The maximum Gasteiger partial charge on any atom is 0.240 e. The Bertz CT molecular complexity index is 676. The number of sulfonamides is 1. The quantitative estimate of drug-likeness (QED) is 0.249. The van der Waals surface area contributed by atoms with Gasteiger partial charge in [0.15, 0.2) is 5.96 Å². The standard InChI is InChI=1S/C15H23ClN4O2S.HI/c1-11-10-12(16)6-7-14(11)23(21,22)19-9-8-18-15(17)20-13-4-2-3-5-13;/h6-7,10,13,19H,2-5,8-9H2,1H3,(H3,17,18,20);1H. The number of hydrogen-bond acceptors (Lipinski definition) is 3. The highest BCUT2D eigenvalue weighted by molar-refractivity contribution is 14.0. The Balaban J connectivity index is 0.00000288. The normalized spacial score (nSPS) is 16.0. The Morgan fingerprint density at radius 3 is 2.67 bits per heavy atom. The third-order valence-corrected chi connectivity index (χ3v) is 5.68. The zero-order chi connectivity index (χ0) is 16.9. The molecule has 0 saturated heterocycles. The van der Waals surface area contributed by atoms with E-state index in [9.17, 15) is 8.42 Å². The SMILES string of the molecule is Cc1cc(Cl)ccc1S(=O)(=O)NCCN=C(N)NC1CCCC1.I. The molecule has 0 radical (unpaired) electrons. The second-order valence-corrected chi connectivity index (χ2v) is 7.87. The van der Waals surface area contributed by atoms with Crippen LogP contribution in [0.3, 0.4) is 0 Å². The monoisotopic (exact) mass is 486 g/mol. The lowest BCUT2D eigenvalue weighted by Gasteiger charge is -2.12. The topological polar surface area (TPSA) is 96.6 Å². The molecule has 0 aromatic heterocycles. The molecule has 0 bridgehead atoms. The first-order valence-corrected chi connectivity index (χ1v) is 9.57. The van der Waals surface area contributed by atoms with Gasteiger partial charge in [-0.15, -0.1) is 24.0 Å². The molecule has 1 aliphatic rings. The summed E-state index contributed by atoms with van der Waals surface area (Å²) < 4.78 is 27.0. The van der Waals surface area contributed by atoms with Crippen LogP contribution in [0, 0.1) is 6.92 Å². The lowest BCUT2D eigenvalue weighted by Crippen LogP contribution is -2.39. The number of halogens is 2. The summed E-state index contributed by atoms with van der Waals surface area (Å²) in [5.74, 6) is 0.374. The molecule has 0 heterocycles. The largest absolute Gasteiger partial charge is 0.370 e. The number of aryl methyl sites for hydroxylation is 1. The van der Waals surface area contributed by atoms with E-state index in [-0.39, 0.29) is 42.0 Å². The fourth-order valence-corrected chi connectivity index (χ4v) is 4.15. The van der Waals surface area contributed by atoms with Crippen LogP contribution in [0.2, 0.25) is 5.02 Å². The predicted molar refractivity (Wildman–Crippen MR) is 109 cm³/mol. The van der Waals surface area contributed by atoms with Gasteiger partial charge in [-0.25, -0.2) is 13.1 Å². The lowest BCUT2D eigenvalue weighted by molar-refractivity contribution is 0.581. The average Bonchev–Trinajstić information content (AvgIpc) is 2.96. The van der Waals surface area contributed by atoms with E-state index in [4.69, 9.17) is 17.3 Å². The van der Waals surface area contributed by atoms with Gasteiger partial charge in [0.05, 0.1) is 11.4 Å². The van der Waals surface area contributed by atoms with Crippen LogP contribution in [0.1, 0.15) is 31.2 Å². The summed E-state index contributed by atoms with van der Waals surface area (Å²) in [6.07, 6.45) is 4.65. The van der Waals surface area contributed by atoms with Crippen molar-refractivity contribution in [3.63, 3.8) is 0 Å². The van der Waals surface area contributed by atoms with E-state index in [0.717, 1.165) is 12.8 Å². The lowest BCUT2D eigenvalue weighted by atomic mass is 10.2. The Kier molecular flexibility index (Phi) is 8.75. The van der Waals surface area contributed by atoms with Gasteiger partial charge in [0, 0.05) is 17.6 Å². The van der Waals surface area contributed by atoms with E-state index in [1.165, 1.54) is 18.9 Å². The van der Waals surface area contributed by atoms with Gasteiger partial charge in [-0.1, -0.05) is 24.4 Å². The molecule has 1 fully saturated rings. The van der Waals surface area contributed by atoms with Gasteiger partial charge in [-0.05, 0) is 43.5 Å². The molecular formula is C15H24ClIN4O2S. The zero-order valence-electron chi connectivity index (χ0n) is 13.6. The van der Waals surface area contributed by atoms with Gasteiger partial charge in [0.1, 0.15) is 0 Å². The molecule has 0 spiro atoms. The highest BCUT2D eigenvalue weighted by Crippen LogP contribution is 2.19. The third-order valence-electron chi connectivity index (χ3n) is 3.82. The number of aliphatic imine (C=N–C) groups is 1. The van der Waals surface area contributed by atoms with E-state index in [0.29, 0.717) is 22.6 Å². The summed E-state index contributed by atoms with van der Waals surface area (Å²) >= 11 is 5.84. The van der Waals surface area contributed by atoms with E-state index in [1.54, 1.807) is 19.1 Å². The first-order valence-electron chi connectivity index (χ1n) is 7.71. The Morgan fingerprint density at radius 2 is 2.04 bits per heavy atom. The first-order chi connectivity index (χ1) is 10.9. The first kappa shape index (κ1) is 21.5. The molecule has 1 aliphatic carbocycles. The summed E-state index contributed by atoms with van der Waals surface area (Å²) in [6, 6.07) is 5.08. The number of rotatable bonds is 6. The molecule has 0 amide bonds. The number of nitrogens with one attached hydrogen (secondary N) is 2. The molecule has 6 nitrogen and oxygen atoms in total. The van der Waals surface area contributed by atoms with Crippen LogP contribution in [0.15, 0.2) is 28.1 Å². The van der Waals surface area contributed by atoms with Gasteiger partial charge >= 0.3 is 0 Å². The molecule has 136 valence electrons. The van der Waals surface area contributed by atoms with Crippen molar-refractivity contribution in [2.45, 2.75) is 43.5 Å². The number of nitrogens with two attached hydrogens (primary N) is 1. The van der Waals surface area contributed by atoms with Crippen LogP contribution < -0.4 is 15.8 Å². The zero-order valence-corrected chi connectivity index (χ0v) is 17.5. The molecule has 2 rings (SSSR count). The van der Waals surface area contributed by atoms with Gasteiger partial charge < -0.3 is 11.1 Å². The number of guanidine groups is 1. The van der Waals surface area contributed by atoms with Crippen LogP contribution in [0.4, 0.5) is 0 Å². The van der Waals surface area contributed by atoms with E-state index >= 15 is 0 Å². The predicted octanol–water partition coefficient (Wildman–Crippen LogP) is 2.39. The molecule has 0 unspecified atom stereocenters. The Hall–Kier alpha value is -0.580.